The molecule has 6 atom stereocenters. The Balaban J connectivity index is -0.000000144. The molecule has 0 aromatic carbocycles. The Labute approximate surface area is 314 Å². The van der Waals surface area contributed by atoms with Gasteiger partial charge in [0, 0.05) is 118 Å². The minimum atomic E-state index is -0.722. The molecule has 0 aliphatic heterocycles. The predicted molar refractivity (Wildman–Crippen MR) is 154 cm³/mol. The Kier molecular flexibility index (Phi) is 33.8. The fraction of sp³-hybridized carbons (Fsp3) is 0.387. The number of rotatable bonds is 3. The van der Waals surface area contributed by atoms with Crippen molar-refractivity contribution in [1.82, 2.24) is 0 Å². The molecule has 0 amide bonds. The van der Waals surface area contributed by atoms with E-state index in [2.05, 4.69) is 32.9 Å². The van der Waals surface area contributed by atoms with E-state index in [9.17, 15) is 30.6 Å². The molecular weight excluding hydrogens is 1180 g/mol. The first-order chi connectivity index (χ1) is 16.5. The van der Waals surface area contributed by atoms with Gasteiger partial charge in [0.15, 0.2) is 0 Å². The molecule has 3 fully saturated rings. The first kappa shape index (κ1) is 50.1. The predicted octanol–water partition coefficient (Wildman–Crippen LogP) is 4.06. The van der Waals surface area contributed by atoms with Crippen LogP contribution in [-0.2, 0) is 0 Å². The van der Waals surface area contributed by atoms with Crippen LogP contribution in [0.15, 0.2) is 97.2 Å². The van der Waals surface area contributed by atoms with E-state index in [1.54, 1.807) is 49.6 Å². The number of aliphatic hydroxyl groups is 6. The van der Waals surface area contributed by atoms with Crippen LogP contribution >= 0.6 is 0 Å². The molecule has 0 unspecified atom stereocenters. The number of hydrogen-bond donors (Lipinski definition) is 6. The Morgan fingerprint density at radius 2 is 1.10 bits per heavy atom. The van der Waals surface area contributed by atoms with Crippen molar-refractivity contribution in [2.45, 2.75) is 77.2 Å². The molecule has 3 aliphatic rings. The van der Waals surface area contributed by atoms with Crippen molar-refractivity contribution in [2.24, 2.45) is 0 Å². The van der Waals surface area contributed by atoms with Crippen molar-refractivity contribution in [3.05, 3.63) is 116 Å². The summed E-state index contributed by atoms with van der Waals surface area (Å²) < 4.78 is 0. The second-order valence-electron chi connectivity index (χ2n) is 8.56. The van der Waals surface area contributed by atoms with E-state index in [0.717, 1.165) is 16.7 Å². The van der Waals surface area contributed by atoms with Crippen LogP contribution in [0.3, 0.4) is 0 Å². The Hall–Kier alpha value is 0.446. The van der Waals surface area contributed by atoms with Crippen molar-refractivity contribution in [1.29, 1.82) is 0 Å². The molecule has 0 spiro atoms. The Morgan fingerprint density at radius 1 is 0.625 bits per heavy atom. The van der Waals surface area contributed by atoms with Crippen molar-refractivity contribution in [2.75, 3.05) is 0 Å². The maximum Gasteiger partial charge on any atom is 0.0771 e. The van der Waals surface area contributed by atoms with E-state index in [0.29, 0.717) is 36.8 Å². The molecule has 9 heteroatoms. The minimum absolute atomic E-state index is 0. The molecule has 0 saturated heterocycles. The van der Waals surface area contributed by atoms with Crippen LogP contribution < -0.4 is 0 Å². The van der Waals surface area contributed by atoms with E-state index >= 15 is 0 Å². The fourth-order valence-electron chi connectivity index (χ4n) is 3.73. The van der Waals surface area contributed by atoms with Crippen molar-refractivity contribution in [3.8, 4) is 0 Å². The van der Waals surface area contributed by atoms with Gasteiger partial charge in [0.25, 0.3) is 0 Å². The molecule has 0 heterocycles. The zero-order valence-corrected chi connectivity index (χ0v) is 34.2. The van der Waals surface area contributed by atoms with E-state index < -0.39 is 36.6 Å². The summed E-state index contributed by atoms with van der Waals surface area (Å²) in [5, 5.41) is 55.8. The third-order valence-electron chi connectivity index (χ3n) is 5.57. The van der Waals surface area contributed by atoms with Crippen LogP contribution in [0, 0.1) is 113 Å². The Bertz CT molecular complexity index is 837. The third kappa shape index (κ3) is 18.9. The molecule has 222 valence electrons. The SMILES string of the molecule is C.C.C=C/C=C1\[CH-][C@@H](O)C(=C)[C@H](O)C1.C=C/C=C1\[CH-][C@@H](O)C[C@H](O)C1.C=C/C=C1\[CH-][C@@H](O)C[C@H](O)C1=C.[U].[U].[U]. The van der Waals surface area contributed by atoms with Crippen LogP contribution in [-0.4, -0.2) is 67.3 Å². The van der Waals surface area contributed by atoms with E-state index in [-0.39, 0.29) is 108 Å². The monoisotopic (exact) mass is 1230 g/mol. The number of allylic oxidation sites excluding steroid dienone is 6. The van der Waals surface area contributed by atoms with Gasteiger partial charge in [-0.05, 0) is 31.3 Å². The topological polar surface area (TPSA) is 121 Å². The average Bonchev–Trinajstić information content (AvgIpc) is 2.76. The molecular formula is C31H47O6U3-3. The van der Waals surface area contributed by atoms with Gasteiger partial charge in [-0.15, -0.1) is 38.0 Å². The molecule has 0 radical (unpaired) electrons. The number of hydrogen-bond acceptors (Lipinski definition) is 6. The summed E-state index contributed by atoms with van der Waals surface area (Å²) in [6.07, 6.45) is 13.8. The normalized spacial score (nSPS) is 29.5. The van der Waals surface area contributed by atoms with Crippen LogP contribution in [0.1, 0.15) is 40.5 Å². The summed E-state index contributed by atoms with van der Waals surface area (Å²) in [6.45, 7) is 17.9. The average molecular weight is 1230 g/mol. The molecule has 6 nitrogen and oxygen atoms in total. The standard InChI is InChI=1S/2C10H13O2.C9H13O2.2CH4.3U/c1-3-4-8-5-9(11)6-10(12)7(8)2;1-3-4-8-5-9(11)7(2)10(12)6-8;1-2-3-7-4-8(10)6-9(11)5-7;;;;;/h2*3-5,9-12H,1-2,6H2;2-4,8-11H,1,5-6H2;2*1H4;;;/q3*-1;;;;;/b2*8-4+;7-3+;;;;;/t9-,10+;9-,10-;8-,9-;;;;;/m111...../s1. The quantitative estimate of drug-likeness (QED) is 0.188. The maximum atomic E-state index is 9.39. The van der Waals surface area contributed by atoms with E-state index in [1.165, 1.54) is 0 Å². The molecule has 0 aromatic rings. The summed E-state index contributed by atoms with van der Waals surface area (Å²) in [7, 11) is 0. The van der Waals surface area contributed by atoms with Gasteiger partial charge in [-0.25, -0.2) is 23.3 Å². The van der Waals surface area contributed by atoms with Gasteiger partial charge >= 0.3 is 0 Å². The van der Waals surface area contributed by atoms with E-state index in [1.807, 2.05) is 6.08 Å². The van der Waals surface area contributed by atoms with Gasteiger partial charge in [-0.2, -0.15) is 43.1 Å². The molecule has 6 N–H and O–H groups in total. The first-order valence-electron chi connectivity index (χ1n) is 11.5. The van der Waals surface area contributed by atoms with Crippen LogP contribution in [0.2, 0.25) is 0 Å². The summed E-state index contributed by atoms with van der Waals surface area (Å²) in [4.78, 5) is 0. The van der Waals surface area contributed by atoms with Crippen molar-refractivity contribution >= 4 is 0 Å². The first-order valence-corrected chi connectivity index (χ1v) is 11.5. The third-order valence-corrected chi connectivity index (χ3v) is 5.57. The zero-order valence-electron chi connectivity index (χ0n) is 21.7. The molecule has 0 aromatic heterocycles. The van der Waals surface area contributed by atoms with E-state index in [4.69, 9.17) is 0 Å². The number of aliphatic hydroxyl groups excluding tert-OH is 6. The van der Waals surface area contributed by atoms with Crippen LogP contribution in [0.5, 0.6) is 0 Å². The van der Waals surface area contributed by atoms with Crippen molar-refractivity contribution in [3.63, 3.8) is 0 Å². The second-order valence-corrected chi connectivity index (χ2v) is 8.56. The smallest absolute Gasteiger partial charge is 0.0771 e. The molecule has 40 heavy (non-hydrogen) atoms. The second kappa shape index (κ2) is 27.0. The molecule has 0 bridgehead atoms. The van der Waals surface area contributed by atoms with Gasteiger partial charge in [0.1, 0.15) is 0 Å². The van der Waals surface area contributed by atoms with Gasteiger partial charge in [0.2, 0.25) is 0 Å². The largest absolute Gasteiger partial charge is 0.407 e. The maximum absolute atomic E-state index is 9.39. The zero-order chi connectivity index (χ0) is 26.5. The van der Waals surface area contributed by atoms with Gasteiger partial charge < -0.3 is 30.6 Å². The molecule has 3 rings (SSSR count). The summed E-state index contributed by atoms with van der Waals surface area (Å²) >= 11 is 0. The minimum Gasteiger partial charge on any atom is -0.407 e. The van der Waals surface area contributed by atoms with Crippen LogP contribution in [0.25, 0.3) is 0 Å². The summed E-state index contributed by atoms with van der Waals surface area (Å²) in [5.74, 6) is 0. The fourth-order valence-corrected chi connectivity index (χ4v) is 3.73. The van der Waals surface area contributed by atoms with Crippen molar-refractivity contribution < 1.29 is 124 Å². The Morgan fingerprint density at radius 3 is 1.55 bits per heavy atom. The van der Waals surface area contributed by atoms with Gasteiger partial charge in [-0.1, -0.05) is 21.4 Å². The van der Waals surface area contributed by atoms with Gasteiger partial charge in [-0.3, -0.25) is 0 Å². The van der Waals surface area contributed by atoms with Gasteiger partial charge in [0.05, 0.1) is 12.2 Å². The summed E-state index contributed by atoms with van der Waals surface area (Å²) in [6, 6.07) is 0. The summed E-state index contributed by atoms with van der Waals surface area (Å²) in [5.41, 5.74) is 3.76. The molecule has 3 aliphatic carbocycles. The van der Waals surface area contributed by atoms with Crippen LogP contribution in [0.4, 0.5) is 0 Å². The molecule has 3 saturated carbocycles.